The van der Waals surface area contributed by atoms with Crippen molar-refractivity contribution in [1.82, 2.24) is 15.1 Å². The second-order valence-electron chi connectivity index (χ2n) is 4.50. The summed E-state index contributed by atoms with van der Waals surface area (Å²) in [6, 6.07) is 5.69. The van der Waals surface area contributed by atoms with Crippen LogP contribution < -0.4 is 5.32 Å². The van der Waals surface area contributed by atoms with E-state index >= 15 is 0 Å². The summed E-state index contributed by atoms with van der Waals surface area (Å²) in [6.07, 6.45) is 2.85. The summed E-state index contributed by atoms with van der Waals surface area (Å²) in [6.45, 7) is 3.01. The maximum atomic E-state index is 6.12. The molecule has 0 aliphatic rings. The first-order valence-electron chi connectivity index (χ1n) is 6.41. The largest absolute Gasteiger partial charge is 0.308 e. The third-order valence-electron chi connectivity index (χ3n) is 3.11. The Morgan fingerprint density at radius 1 is 1.35 bits per heavy atom. The van der Waals surface area contributed by atoms with E-state index in [1.807, 2.05) is 36.1 Å². The van der Waals surface area contributed by atoms with Crippen molar-refractivity contribution in [2.45, 2.75) is 25.9 Å². The van der Waals surface area contributed by atoms with E-state index in [9.17, 15) is 0 Å². The number of rotatable bonds is 5. The molecule has 1 atom stereocenters. The Kier molecular flexibility index (Phi) is 5.49. The summed E-state index contributed by atoms with van der Waals surface area (Å²) in [5, 5.41) is 8.84. The molecule has 108 valence electrons. The van der Waals surface area contributed by atoms with Crippen LogP contribution in [0.25, 0.3) is 0 Å². The number of aromatic nitrogens is 2. The maximum Gasteiger partial charge on any atom is 0.0757 e. The molecule has 1 aromatic carbocycles. The van der Waals surface area contributed by atoms with Gasteiger partial charge in [0.1, 0.15) is 0 Å². The van der Waals surface area contributed by atoms with Crippen LogP contribution in [0.1, 0.15) is 30.6 Å². The number of nitrogens with zero attached hydrogens (tertiary/aromatic N) is 2. The molecule has 20 heavy (non-hydrogen) atoms. The highest BCUT2D eigenvalue weighted by molar-refractivity contribution is 9.10. The summed E-state index contributed by atoms with van der Waals surface area (Å²) in [7, 11) is 1.92. The van der Waals surface area contributed by atoms with Gasteiger partial charge >= 0.3 is 0 Å². The third-order valence-corrected chi connectivity index (χ3v) is 4.46. The van der Waals surface area contributed by atoms with Gasteiger partial charge in [0.05, 0.1) is 32.5 Å². The fourth-order valence-corrected chi connectivity index (χ4v) is 3.03. The number of benzene rings is 1. The molecule has 1 aromatic heterocycles. The number of nitrogens with one attached hydrogen (secondary N) is 1. The Labute approximate surface area is 137 Å². The predicted molar refractivity (Wildman–Crippen MR) is 87.6 cm³/mol. The standard InChI is InChI=1S/C14H16BrCl2N3/c1-3-6-20-14(10(15)8-19-20)13(18-2)9-4-5-11(16)12(17)7-9/h4-5,7-8,13,18H,3,6H2,1-2H3. The molecule has 2 aromatic rings. The van der Waals surface area contributed by atoms with Gasteiger partial charge in [0.15, 0.2) is 0 Å². The summed E-state index contributed by atoms with van der Waals surface area (Å²) < 4.78 is 2.99. The number of halogens is 3. The van der Waals surface area contributed by atoms with Gasteiger partial charge in [-0.2, -0.15) is 5.10 Å². The van der Waals surface area contributed by atoms with Crippen molar-refractivity contribution in [3.8, 4) is 0 Å². The van der Waals surface area contributed by atoms with E-state index in [-0.39, 0.29) is 6.04 Å². The topological polar surface area (TPSA) is 29.9 Å². The number of hydrogen-bond donors (Lipinski definition) is 1. The van der Waals surface area contributed by atoms with Crippen LogP contribution in [0.15, 0.2) is 28.9 Å². The van der Waals surface area contributed by atoms with Gasteiger partial charge in [-0.15, -0.1) is 0 Å². The fourth-order valence-electron chi connectivity index (χ4n) is 2.20. The molecule has 0 aliphatic heterocycles. The fraction of sp³-hybridized carbons (Fsp3) is 0.357. The van der Waals surface area contributed by atoms with Gasteiger partial charge in [-0.3, -0.25) is 4.68 Å². The van der Waals surface area contributed by atoms with E-state index in [4.69, 9.17) is 23.2 Å². The van der Waals surface area contributed by atoms with Crippen LogP contribution in [0.2, 0.25) is 10.0 Å². The molecule has 0 saturated carbocycles. The molecule has 2 rings (SSSR count). The predicted octanol–water partition coefficient (Wildman–Crippen LogP) is 4.67. The molecular weight excluding hydrogens is 361 g/mol. The van der Waals surface area contributed by atoms with Crippen molar-refractivity contribution >= 4 is 39.1 Å². The quantitative estimate of drug-likeness (QED) is 0.821. The lowest BCUT2D eigenvalue weighted by atomic mass is 10.0. The van der Waals surface area contributed by atoms with Gasteiger partial charge in [0.2, 0.25) is 0 Å². The molecular formula is C14H16BrCl2N3. The smallest absolute Gasteiger partial charge is 0.0757 e. The Morgan fingerprint density at radius 3 is 2.70 bits per heavy atom. The van der Waals surface area contributed by atoms with Gasteiger partial charge in [-0.25, -0.2) is 0 Å². The van der Waals surface area contributed by atoms with Crippen molar-refractivity contribution < 1.29 is 0 Å². The molecule has 0 fully saturated rings. The Balaban J connectivity index is 2.46. The van der Waals surface area contributed by atoms with Crippen LogP contribution in [-0.2, 0) is 6.54 Å². The van der Waals surface area contributed by atoms with E-state index in [2.05, 4.69) is 33.3 Å². The second-order valence-corrected chi connectivity index (χ2v) is 6.16. The minimum atomic E-state index is 0.00758. The number of hydrogen-bond acceptors (Lipinski definition) is 2. The van der Waals surface area contributed by atoms with Crippen LogP contribution >= 0.6 is 39.1 Å². The summed E-state index contributed by atoms with van der Waals surface area (Å²) >= 11 is 15.7. The zero-order chi connectivity index (χ0) is 14.7. The summed E-state index contributed by atoms with van der Waals surface area (Å²) in [4.78, 5) is 0. The van der Waals surface area contributed by atoms with Gasteiger partial charge in [-0.05, 0) is 47.1 Å². The molecule has 0 aliphatic carbocycles. The van der Waals surface area contributed by atoms with Crippen molar-refractivity contribution in [3.05, 3.63) is 50.2 Å². The highest BCUT2D eigenvalue weighted by Crippen LogP contribution is 2.32. The Bertz CT molecular complexity index is 598. The number of aryl methyl sites for hydroxylation is 1. The van der Waals surface area contributed by atoms with E-state index in [1.165, 1.54) is 0 Å². The molecule has 0 saturated heterocycles. The minimum absolute atomic E-state index is 0.00758. The molecule has 0 bridgehead atoms. The molecule has 0 amide bonds. The van der Waals surface area contributed by atoms with Crippen molar-refractivity contribution in [2.24, 2.45) is 0 Å². The first-order chi connectivity index (χ1) is 9.58. The first-order valence-corrected chi connectivity index (χ1v) is 7.96. The van der Waals surface area contributed by atoms with Crippen molar-refractivity contribution in [2.75, 3.05) is 7.05 Å². The lowest BCUT2D eigenvalue weighted by molar-refractivity contribution is 0.533. The zero-order valence-corrected chi connectivity index (χ0v) is 14.4. The molecule has 3 nitrogen and oxygen atoms in total. The van der Waals surface area contributed by atoms with E-state index < -0.39 is 0 Å². The Hall–Kier alpha value is -0.550. The lowest BCUT2D eigenvalue weighted by Crippen LogP contribution is -2.22. The second kappa shape index (κ2) is 6.94. The molecule has 0 radical (unpaired) electrons. The van der Waals surface area contributed by atoms with Gasteiger partial charge in [0, 0.05) is 6.54 Å². The van der Waals surface area contributed by atoms with Gasteiger partial charge in [0.25, 0.3) is 0 Å². The molecule has 1 unspecified atom stereocenters. The highest BCUT2D eigenvalue weighted by Gasteiger charge is 2.20. The monoisotopic (exact) mass is 375 g/mol. The zero-order valence-electron chi connectivity index (χ0n) is 11.3. The molecule has 1 N–H and O–H groups in total. The van der Waals surface area contributed by atoms with Crippen LogP contribution in [0.3, 0.4) is 0 Å². The van der Waals surface area contributed by atoms with Crippen molar-refractivity contribution in [1.29, 1.82) is 0 Å². The first kappa shape index (κ1) is 15.8. The summed E-state index contributed by atoms with van der Waals surface area (Å²) in [5.41, 5.74) is 2.15. The van der Waals surface area contributed by atoms with Crippen molar-refractivity contribution in [3.63, 3.8) is 0 Å². The summed E-state index contributed by atoms with van der Waals surface area (Å²) in [5.74, 6) is 0. The average Bonchev–Trinajstić information content (AvgIpc) is 2.77. The molecule has 0 spiro atoms. The van der Waals surface area contributed by atoms with Crippen LogP contribution in [0.5, 0.6) is 0 Å². The normalized spacial score (nSPS) is 12.7. The molecule has 1 heterocycles. The minimum Gasteiger partial charge on any atom is -0.308 e. The Morgan fingerprint density at radius 2 is 2.10 bits per heavy atom. The third kappa shape index (κ3) is 3.19. The highest BCUT2D eigenvalue weighted by atomic mass is 79.9. The average molecular weight is 377 g/mol. The lowest BCUT2D eigenvalue weighted by Gasteiger charge is -2.19. The van der Waals surface area contributed by atoms with Crippen LogP contribution in [-0.4, -0.2) is 16.8 Å². The van der Waals surface area contributed by atoms with Gasteiger partial charge in [-0.1, -0.05) is 36.2 Å². The van der Waals surface area contributed by atoms with Gasteiger partial charge < -0.3 is 5.32 Å². The maximum absolute atomic E-state index is 6.12. The van der Waals surface area contributed by atoms with E-state index in [0.29, 0.717) is 10.0 Å². The molecule has 6 heteroatoms. The SMILES string of the molecule is CCCn1ncc(Br)c1C(NC)c1ccc(Cl)c(Cl)c1. The van der Waals surface area contributed by atoms with E-state index in [0.717, 1.165) is 28.7 Å². The van der Waals surface area contributed by atoms with E-state index in [1.54, 1.807) is 0 Å². The van der Waals surface area contributed by atoms with Crippen LogP contribution in [0, 0.1) is 0 Å². The van der Waals surface area contributed by atoms with Crippen LogP contribution in [0.4, 0.5) is 0 Å².